The highest BCUT2D eigenvalue weighted by molar-refractivity contribution is 6.40. The first kappa shape index (κ1) is 13.9. The molecule has 0 radical (unpaired) electrons. The Kier molecular flexibility index (Phi) is 4.12. The molecule has 0 unspecified atom stereocenters. The number of nitrogens with zero attached hydrogens (tertiary/aromatic N) is 2. The Morgan fingerprint density at radius 3 is 2.53 bits per heavy atom. The minimum absolute atomic E-state index is 0.271. The predicted molar refractivity (Wildman–Crippen MR) is 77.1 cm³/mol. The van der Waals surface area contributed by atoms with Crippen LogP contribution in [0.2, 0.25) is 10.0 Å². The van der Waals surface area contributed by atoms with E-state index in [2.05, 4.69) is 10.4 Å². The minimum atomic E-state index is -0.271. The monoisotopic (exact) mass is 297 g/mol. The van der Waals surface area contributed by atoms with Gasteiger partial charge < -0.3 is 5.32 Å². The molecule has 0 aliphatic heterocycles. The second-order valence-corrected chi connectivity index (χ2v) is 4.82. The van der Waals surface area contributed by atoms with E-state index in [1.54, 1.807) is 29.1 Å². The van der Waals surface area contributed by atoms with Crippen molar-refractivity contribution >= 4 is 34.8 Å². The molecule has 1 amide bonds. The number of carbonyl (C=O) groups excluding carboxylic acids is 1. The fraction of sp³-hybridized carbons (Fsp3) is 0.231. The van der Waals surface area contributed by atoms with Gasteiger partial charge in [-0.2, -0.15) is 5.10 Å². The van der Waals surface area contributed by atoms with E-state index in [1.165, 1.54) is 0 Å². The van der Waals surface area contributed by atoms with Crippen LogP contribution in [-0.2, 0) is 6.54 Å². The summed E-state index contributed by atoms with van der Waals surface area (Å²) in [5, 5.41) is 7.66. The molecule has 0 spiro atoms. The van der Waals surface area contributed by atoms with Gasteiger partial charge in [-0.3, -0.25) is 9.48 Å². The molecule has 19 heavy (non-hydrogen) atoms. The molecule has 100 valence electrons. The van der Waals surface area contributed by atoms with Gasteiger partial charge in [0.15, 0.2) is 0 Å². The zero-order valence-corrected chi connectivity index (χ0v) is 12.1. The maximum Gasteiger partial charge on any atom is 0.259 e. The maximum absolute atomic E-state index is 12.2. The zero-order valence-electron chi connectivity index (χ0n) is 10.6. The minimum Gasteiger partial charge on any atom is -0.319 e. The lowest BCUT2D eigenvalue weighted by atomic mass is 10.2. The molecule has 1 heterocycles. The molecule has 0 aliphatic carbocycles. The van der Waals surface area contributed by atoms with Crippen LogP contribution in [0.4, 0.5) is 5.69 Å². The van der Waals surface area contributed by atoms with E-state index < -0.39 is 0 Å². The second kappa shape index (κ2) is 5.63. The van der Waals surface area contributed by atoms with Gasteiger partial charge in [0, 0.05) is 12.2 Å². The van der Waals surface area contributed by atoms with Gasteiger partial charge in [-0.25, -0.2) is 0 Å². The Bertz CT molecular complexity index is 602. The lowest BCUT2D eigenvalue weighted by Gasteiger charge is -2.08. The third kappa shape index (κ3) is 2.74. The average molecular weight is 298 g/mol. The summed E-state index contributed by atoms with van der Waals surface area (Å²) in [6, 6.07) is 5.07. The molecule has 2 aromatic rings. The number of aromatic nitrogens is 2. The molecule has 2 rings (SSSR count). The zero-order chi connectivity index (χ0) is 14.0. The lowest BCUT2D eigenvalue weighted by Crippen LogP contribution is -2.14. The van der Waals surface area contributed by atoms with Crippen LogP contribution in [0, 0.1) is 6.92 Å². The molecule has 6 heteroatoms. The molecule has 0 fully saturated rings. The Labute approximate surface area is 121 Å². The summed E-state index contributed by atoms with van der Waals surface area (Å²) in [6.07, 6.45) is 1.54. The highest BCUT2D eigenvalue weighted by Crippen LogP contribution is 2.30. The van der Waals surface area contributed by atoms with Crippen LogP contribution in [0.1, 0.15) is 23.0 Å². The molecule has 0 bridgehead atoms. The van der Waals surface area contributed by atoms with E-state index >= 15 is 0 Å². The van der Waals surface area contributed by atoms with Crippen molar-refractivity contribution in [2.24, 2.45) is 0 Å². The van der Waals surface area contributed by atoms with Crippen LogP contribution < -0.4 is 5.32 Å². The van der Waals surface area contributed by atoms with Gasteiger partial charge in [0.05, 0.1) is 27.5 Å². The van der Waals surface area contributed by atoms with E-state index in [9.17, 15) is 4.79 Å². The highest BCUT2D eigenvalue weighted by atomic mass is 35.5. The highest BCUT2D eigenvalue weighted by Gasteiger charge is 2.16. The van der Waals surface area contributed by atoms with Crippen molar-refractivity contribution in [2.45, 2.75) is 20.4 Å². The van der Waals surface area contributed by atoms with Crippen molar-refractivity contribution < 1.29 is 4.79 Å². The number of nitrogens with one attached hydrogen (secondary N) is 1. The largest absolute Gasteiger partial charge is 0.319 e. The Morgan fingerprint density at radius 1 is 1.37 bits per heavy atom. The number of anilines is 1. The summed E-state index contributed by atoms with van der Waals surface area (Å²) in [6.45, 7) is 4.53. The topological polar surface area (TPSA) is 46.9 Å². The van der Waals surface area contributed by atoms with Crippen LogP contribution >= 0.6 is 23.2 Å². The predicted octanol–water partition coefficient (Wildman–Crippen LogP) is 3.77. The normalized spacial score (nSPS) is 10.5. The smallest absolute Gasteiger partial charge is 0.259 e. The number of hydrogen-bond acceptors (Lipinski definition) is 2. The molecule has 0 atom stereocenters. The van der Waals surface area contributed by atoms with Crippen LogP contribution in [0.5, 0.6) is 0 Å². The van der Waals surface area contributed by atoms with Crippen molar-refractivity contribution in [2.75, 3.05) is 5.32 Å². The van der Waals surface area contributed by atoms with Crippen molar-refractivity contribution in [3.8, 4) is 0 Å². The first-order chi connectivity index (χ1) is 9.04. The molecule has 0 saturated carbocycles. The first-order valence-corrected chi connectivity index (χ1v) is 6.58. The molecular weight excluding hydrogens is 285 g/mol. The summed E-state index contributed by atoms with van der Waals surface area (Å²) in [5.41, 5.74) is 1.74. The second-order valence-electron chi connectivity index (χ2n) is 4.01. The molecule has 4 nitrogen and oxygen atoms in total. The third-order valence-electron chi connectivity index (χ3n) is 2.85. The molecule has 0 saturated heterocycles. The van der Waals surface area contributed by atoms with Crippen molar-refractivity contribution in [3.05, 3.63) is 45.7 Å². The van der Waals surface area contributed by atoms with Gasteiger partial charge >= 0.3 is 0 Å². The number of carbonyl (C=O) groups is 1. The SMILES string of the molecule is CCn1ncc(C(=O)Nc2c(Cl)cccc2Cl)c1C. The summed E-state index contributed by atoms with van der Waals surface area (Å²) in [5.74, 6) is -0.271. The van der Waals surface area contributed by atoms with Gasteiger partial charge in [0.25, 0.3) is 5.91 Å². The Balaban J connectivity index is 2.28. The van der Waals surface area contributed by atoms with Crippen LogP contribution in [0.15, 0.2) is 24.4 Å². The average Bonchev–Trinajstić information content (AvgIpc) is 2.75. The summed E-state index contributed by atoms with van der Waals surface area (Å²) < 4.78 is 1.75. The van der Waals surface area contributed by atoms with Crippen LogP contribution in [0.25, 0.3) is 0 Å². The maximum atomic E-state index is 12.2. The number of amides is 1. The van der Waals surface area contributed by atoms with E-state index in [4.69, 9.17) is 23.2 Å². The number of benzene rings is 1. The van der Waals surface area contributed by atoms with Gasteiger partial charge in [-0.1, -0.05) is 29.3 Å². The van der Waals surface area contributed by atoms with Gasteiger partial charge in [0.1, 0.15) is 0 Å². The van der Waals surface area contributed by atoms with Crippen LogP contribution in [-0.4, -0.2) is 15.7 Å². The molecular formula is C13H13Cl2N3O. The summed E-state index contributed by atoms with van der Waals surface area (Å²) in [7, 11) is 0. The quantitative estimate of drug-likeness (QED) is 0.937. The lowest BCUT2D eigenvalue weighted by molar-refractivity contribution is 0.102. The first-order valence-electron chi connectivity index (χ1n) is 5.82. The molecule has 1 aromatic carbocycles. The van der Waals surface area contributed by atoms with Crippen molar-refractivity contribution in [1.29, 1.82) is 0 Å². The van der Waals surface area contributed by atoms with Gasteiger partial charge in [-0.05, 0) is 26.0 Å². The van der Waals surface area contributed by atoms with Gasteiger partial charge in [-0.15, -0.1) is 0 Å². The number of aryl methyl sites for hydroxylation is 1. The summed E-state index contributed by atoms with van der Waals surface area (Å²) >= 11 is 12.0. The number of rotatable bonds is 3. The van der Waals surface area contributed by atoms with E-state index in [0.29, 0.717) is 27.8 Å². The standard InChI is InChI=1S/C13H13Cl2N3O/c1-3-18-8(2)9(7-16-18)13(19)17-12-10(14)5-4-6-11(12)15/h4-7H,3H2,1-2H3,(H,17,19). The van der Waals surface area contributed by atoms with E-state index in [1.807, 2.05) is 13.8 Å². The molecule has 1 aromatic heterocycles. The van der Waals surface area contributed by atoms with Gasteiger partial charge in [0.2, 0.25) is 0 Å². The fourth-order valence-electron chi connectivity index (χ4n) is 1.79. The van der Waals surface area contributed by atoms with Crippen LogP contribution in [0.3, 0.4) is 0 Å². The Morgan fingerprint density at radius 2 is 2.00 bits per heavy atom. The van der Waals surface area contributed by atoms with Crippen molar-refractivity contribution in [1.82, 2.24) is 9.78 Å². The number of halogens is 2. The fourth-order valence-corrected chi connectivity index (χ4v) is 2.28. The molecule has 0 aliphatic rings. The number of hydrogen-bond donors (Lipinski definition) is 1. The third-order valence-corrected chi connectivity index (χ3v) is 3.48. The van der Waals surface area contributed by atoms with E-state index in [-0.39, 0.29) is 5.91 Å². The Hall–Kier alpha value is -1.52. The molecule has 1 N–H and O–H groups in total. The number of para-hydroxylation sites is 1. The summed E-state index contributed by atoms with van der Waals surface area (Å²) in [4.78, 5) is 12.2. The van der Waals surface area contributed by atoms with Crippen molar-refractivity contribution in [3.63, 3.8) is 0 Å². The van der Waals surface area contributed by atoms with E-state index in [0.717, 1.165) is 5.69 Å².